The lowest BCUT2D eigenvalue weighted by Crippen LogP contribution is -2.33. The van der Waals surface area contributed by atoms with Crippen molar-refractivity contribution >= 4 is 17.3 Å². The molecule has 98 valence electrons. The molecular formula is C12H15F2N3O. The van der Waals surface area contributed by atoms with E-state index >= 15 is 0 Å². The lowest BCUT2D eigenvalue weighted by atomic mass is 10.1. The van der Waals surface area contributed by atoms with Gasteiger partial charge in [-0.25, -0.2) is 8.78 Å². The molecule has 1 amide bonds. The first-order valence-corrected chi connectivity index (χ1v) is 5.77. The summed E-state index contributed by atoms with van der Waals surface area (Å²) in [5.74, 6) is -0.149. The molecule has 0 bridgehead atoms. The molecule has 0 saturated carbocycles. The summed E-state index contributed by atoms with van der Waals surface area (Å²) in [6.07, 6.45) is -1.87. The van der Waals surface area contributed by atoms with Crippen LogP contribution in [0, 0.1) is 0 Å². The highest BCUT2D eigenvalue weighted by Gasteiger charge is 2.21. The standard InChI is InChI=1S/C12H15F2N3O/c13-12(14)9-6-8(15)2-3-10(9)17-5-1-4-16-11(18)7-17/h2-3,6,12H,1,4-5,7,15H2,(H,16,18). The molecule has 1 aliphatic heterocycles. The summed E-state index contributed by atoms with van der Waals surface area (Å²) >= 11 is 0. The number of amides is 1. The number of hydrogen-bond acceptors (Lipinski definition) is 3. The summed E-state index contributed by atoms with van der Waals surface area (Å²) in [5, 5.41) is 2.71. The van der Waals surface area contributed by atoms with Gasteiger partial charge < -0.3 is 16.0 Å². The minimum atomic E-state index is -2.60. The molecule has 1 saturated heterocycles. The maximum atomic E-state index is 13.0. The van der Waals surface area contributed by atoms with Crippen LogP contribution in [0.5, 0.6) is 0 Å². The van der Waals surface area contributed by atoms with Crippen LogP contribution < -0.4 is 16.0 Å². The van der Waals surface area contributed by atoms with Crippen molar-refractivity contribution in [2.24, 2.45) is 0 Å². The fraction of sp³-hybridized carbons (Fsp3) is 0.417. The average molecular weight is 255 g/mol. The molecule has 0 aliphatic carbocycles. The molecule has 1 aromatic carbocycles. The fourth-order valence-corrected chi connectivity index (χ4v) is 2.05. The minimum absolute atomic E-state index is 0.101. The van der Waals surface area contributed by atoms with Crippen molar-refractivity contribution in [2.45, 2.75) is 12.8 Å². The van der Waals surface area contributed by atoms with Crippen molar-refractivity contribution in [1.82, 2.24) is 5.32 Å². The highest BCUT2D eigenvalue weighted by Crippen LogP contribution is 2.31. The topological polar surface area (TPSA) is 58.4 Å². The van der Waals surface area contributed by atoms with Gasteiger partial charge in [0.2, 0.25) is 5.91 Å². The van der Waals surface area contributed by atoms with Crippen molar-refractivity contribution in [3.05, 3.63) is 23.8 Å². The Morgan fingerprint density at radius 1 is 1.39 bits per heavy atom. The highest BCUT2D eigenvalue weighted by atomic mass is 19.3. The number of nitrogen functional groups attached to an aromatic ring is 1. The Bertz CT molecular complexity index is 451. The second-order valence-electron chi connectivity index (χ2n) is 4.24. The molecule has 1 aliphatic rings. The number of alkyl halides is 2. The highest BCUT2D eigenvalue weighted by molar-refractivity contribution is 5.82. The van der Waals surface area contributed by atoms with Crippen LogP contribution in [-0.4, -0.2) is 25.5 Å². The number of nitrogens with zero attached hydrogens (tertiary/aromatic N) is 1. The largest absolute Gasteiger partial charge is 0.399 e. The first kappa shape index (κ1) is 12.6. The SMILES string of the molecule is Nc1ccc(N2CCCNC(=O)C2)c(C(F)F)c1. The van der Waals surface area contributed by atoms with Gasteiger partial charge >= 0.3 is 0 Å². The summed E-state index contributed by atoms with van der Waals surface area (Å²) in [6.45, 7) is 1.25. The fourth-order valence-electron chi connectivity index (χ4n) is 2.05. The van der Waals surface area contributed by atoms with Crippen LogP contribution in [-0.2, 0) is 4.79 Å². The molecule has 1 fully saturated rings. The molecule has 0 unspecified atom stereocenters. The van der Waals surface area contributed by atoms with Crippen LogP contribution in [0.25, 0.3) is 0 Å². The van der Waals surface area contributed by atoms with Gasteiger partial charge in [-0.2, -0.15) is 0 Å². The van der Waals surface area contributed by atoms with Crippen molar-refractivity contribution in [2.75, 3.05) is 30.3 Å². The summed E-state index contributed by atoms with van der Waals surface area (Å²) in [5.41, 5.74) is 6.09. The van der Waals surface area contributed by atoms with Gasteiger partial charge in [-0.05, 0) is 24.6 Å². The number of halogens is 2. The Labute approximate surface area is 104 Å². The van der Waals surface area contributed by atoms with E-state index in [1.165, 1.54) is 6.07 Å². The van der Waals surface area contributed by atoms with Crippen LogP contribution in [0.15, 0.2) is 18.2 Å². The van der Waals surface area contributed by atoms with Gasteiger partial charge in [0.25, 0.3) is 6.43 Å². The van der Waals surface area contributed by atoms with E-state index in [2.05, 4.69) is 5.32 Å². The Morgan fingerprint density at radius 3 is 2.89 bits per heavy atom. The van der Waals surface area contributed by atoms with E-state index in [0.717, 1.165) is 6.42 Å². The minimum Gasteiger partial charge on any atom is -0.399 e. The molecule has 18 heavy (non-hydrogen) atoms. The third-order valence-corrected chi connectivity index (χ3v) is 2.89. The molecule has 0 aromatic heterocycles. The van der Waals surface area contributed by atoms with Crippen LogP contribution in [0.3, 0.4) is 0 Å². The van der Waals surface area contributed by atoms with Gasteiger partial charge in [-0.15, -0.1) is 0 Å². The maximum absolute atomic E-state index is 13.0. The maximum Gasteiger partial charge on any atom is 0.265 e. The number of nitrogens with one attached hydrogen (secondary N) is 1. The molecule has 0 radical (unpaired) electrons. The number of benzene rings is 1. The number of hydrogen-bond donors (Lipinski definition) is 2. The monoisotopic (exact) mass is 255 g/mol. The number of rotatable bonds is 2. The summed E-state index contributed by atoms with van der Waals surface area (Å²) in [7, 11) is 0. The van der Waals surface area contributed by atoms with Crippen LogP contribution in [0.2, 0.25) is 0 Å². The summed E-state index contributed by atoms with van der Waals surface area (Å²) in [4.78, 5) is 13.1. The van der Waals surface area contributed by atoms with Crippen molar-refractivity contribution in [3.8, 4) is 0 Å². The molecule has 2 rings (SSSR count). The second kappa shape index (κ2) is 5.20. The van der Waals surface area contributed by atoms with Crippen molar-refractivity contribution in [3.63, 3.8) is 0 Å². The summed E-state index contributed by atoms with van der Waals surface area (Å²) < 4.78 is 26.0. The third kappa shape index (κ3) is 2.69. The number of anilines is 2. The van der Waals surface area contributed by atoms with E-state index in [4.69, 9.17) is 5.73 Å². The van der Waals surface area contributed by atoms with Gasteiger partial charge in [0.1, 0.15) is 0 Å². The number of nitrogens with two attached hydrogens (primary N) is 1. The third-order valence-electron chi connectivity index (χ3n) is 2.89. The number of carbonyl (C=O) groups excluding carboxylic acids is 1. The molecule has 3 N–H and O–H groups in total. The van der Waals surface area contributed by atoms with Gasteiger partial charge in [0, 0.05) is 30.0 Å². The van der Waals surface area contributed by atoms with Crippen LogP contribution >= 0.6 is 0 Å². The van der Waals surface area contributed by atoms with E-state index in [9.17, 15) is 13.6 Å². The van der Waals surface area contributed by atoms with E-state index < -0.39 is 6.43 Å². The zero-order valence-corrected chi connectivity index (χ0v) is 9.83. The summed E-state index contributed by atoms with van der Waals surface area (Å²) in [6, 6.07) is 4.39. The molecule has 0 spiro atoms. The van der Waals surface area contributed by atoms with Crippen molar-refractivity contribution in [1.29, 1.82) is 0 Å². The lowest BCUT2D eigenvalue weighted by Gasteiger charge is -2.24. The zero-order chi connectivity index (χ0) is 13.1. The van der Waals surface area contributed by atoms with Gasteiger partial charge in [-0.3, -0.25) is 4.79 Å². The first-order valence-electron chi connectivity index (χ1n) is 5.77. The predicted molar refractivity (Wildman–Crippen MR) is 65.7 cm³/mol. The molecule has 1 aromatic rings. The van der Waals surface area contributed by atoms with Gasteiger partial charge in [0.15, 0.2) is 0 Å². The Kier molecular flexibility index (Phi) is 3.64. The quantitative estimate of drug-likeness (QED) is 0.788. The van der Waals surface area contributed by atoms with Crippen LogP contribution in [0.1, 0.15) is 18.4 Å². The van der Waals surface area contributed by atoms with E-state index in [1.807, 2.05) is 0 Å². The van der Waals surface area contributed by atoms with E-state index in [1.54, 1.807) is 17.0 Å². The Balaban J connectivity index is 2.33. The molecule has 4 nitrogen and oxygen atoms in total. The van der Waals surface area contributed by atoms with Crippen molar-refractivity contribution < 1.29 is 13.6 Å². The normalized spacial score (nSPS) is 16.6. The second-order valence-corrected chi connectivity index (χ2v) is 4.24. The predicted octanol–water partition coefficient (Wildman–Crippen LogP) is 1.53. The molecule has 1 heterocycles. The zero-order valence-electron chi connectivity index (χ0n) is 9.83. The Hall–Kier alpha value is -1.85. The van der Waals surface area contributed by atoms with E-state index in [0.29, 0.717) is 24.5 Å². The van der Waals surface area contributed by atoms with E-state index in [-0.39, 0.29) is 18.0 Å². The molecular weight excluding hydrogens is 240 g/mol. The molecule has 6 heteroatoms. The first-order chi connectivity index (χ1) is 8.58. The lowest BCUT2D eigenvalue weighted by molar-refractivity contribution is -0.119. The average Bonchev–Trinajstić information content (AvgIpc) is 2.53. The molecule has 0 atom stereocenters. The van der Waals surface area contributed by atoms with Crippen LogP contribution in [0.4, 0.5) is 20.2 Å². The smallest absolute Gasteiger partial charge is 0.265 e. The number of carbonyl (C=O) groups is 1. The van der Waals surface area contributed by atoms with Gasteiger partial charge in [-0.1, -0.05) is 0 Å². The van der Waals surface area contributed by atoms with Gasteiger partial charge in [0.05, 0.1) is 6.54 Å². The Morgan fingerprint density at radius 2 is 2.17 bits per heavy atom.